The van der Waals surface area contributed by atoms with Crippen LogP contribution >= 0.6 is 0 Å². The highest BCUT2D eigenvalue weighted by atomic mass is 32.2. The molecule has 1 unspecified atom stereocenters. The highest BCUT2D eigenvalue weighted by molar-refractivity contribution is 7.89. The molecule has 1 amide bonds. The molecule has 1 aliphatic rings. The van der Waals surface area contributed by atoms with Crippen molar-refractivity contribution in [3.05, 3.63) is 18.0 Å². The lowest BCUT2D eigenvalue weighted by atomic mass is 10.1. The molecule has 0 radical (unpaired) electrons. The summed E-state index contributed by atoms with van der Waals surface area (Å²) in [4.78, 5) is 16.5. The number of H-pyrrole nitrogens is 1. The zero-order chi connectivity index (χ0) is 13.3. The Morgan fingerprint density at radius 1 is 1.61 bits per heavy atom. The molecule has 0 bridgehead atoms. The standard InChI is InChI=1S/C11H17N3O3S/c1-2-8-3-4-14(7-8)11(15)10-5-9(6-13-10)18(12,16)17/h5-6,8,13H,2-4,7H2,1H3,(H2,12,16,17). The molecule has 2 rings (SSSR count). The number of nitrogens with one attached hydrogen (secondary N) is 1. The summed E-state index contributed by atoms with van der Waals surface area (Å²) in [6.45, 7) is 3.56. The minimum Gasteiger partial charge on any atom is -0.356 e. The van der Waals surface area contributed by atoms with Crippen LogP contribution in [0, 0.1) is 5.92 Å². The largest absolute Gasteiger partial charge is 0.356 e. The molecular weight excluding hydrogens is 254 g/mol. The minimum atomic E-state index is -3.76. The van der Waals surface area contributed by atoms with Crippen LogP contribution in [0.2, 0.25) is 0 Å². The molecule has 0 saturated carbocycles. The maximum atomic E-state index is 12.1. The molecule has 0 aliphatic carbocycles. The van der Waals surface area contributed by atoms with Crippen LogP contribution in [0.3, 0.4) is 0 Å². The van der Waals surface area contributed by atoms with Crippen LogP contribution in [0.5, 0.6) is 0 Å². The van der Waals surface area contributed by atoms with Crippen molar-refractivity contribution < 1.29 is 13.2 Å². The van der Waals surface area contributed by atoms with Crippen LogP contribution in [0.1, 0.15) is 30.3 Å². The van der Waals surface area contributed by atoms with E-state index in [4.69, 9.17) is 5.14 Å². The molecule has 18 heavy (non-hydrogen) atoms. The number of likely N-dealkylation sites (tertiary alicyclic amines) is 1. The first kappa shape index (κ1) is 13.1. The summed E-state index contributed by atoms with van der Waals surface area (Å²) in [6, 6.07) is 1.29. The number of carbonyl (C=O) groups is 1. The number of hydrogen-bond donors (Lipinski definition) is 2. The zero-order valence-corrected chi connectivity index (χ0v) is 11.0. The molecule has 100 valence electrons. The summed E-state index contributed by atoms with van der Waals surface area (Å²) in [5.41, 5.74) is 0.274. The van der Waals surface area contributed by atoms with Gasteiger partial charge in [0.15, 0.2) is 0 Å². The van der Waals surface area contributed by atoms with E-state index in [1.165, 1.54) is 12.3 Å². The van der Waals surface area contributed by atoms with Crippen molar-refractivity contribution in [1.29, 1.82) is 0 Å². The monoisotopic (exact) mass is 271 g/mol. The highest BCUT2D eigenvalue weighted by Crippen LogP contribution is 2.21. The third-order valence-corrected chi connectivity index (χ3v) is 4.26. The Morgan fingerprint density at radius 2 is 2.33 bits per heavy atom. The average molecular weight is 271 g/mol. The van der Waals surface area contributed by atoms with E-state index in [2.05, 4.69) is 11.9 Å². The summed E-state index contributed by atoms with van der Waals surface area (Å²) < 4.78 is 22.2. The molecule has 1 aromatic rings. The minimum absolute atomic E-state index is 0.0583. The van der Waals surface area contributed by atoms with Gasteiger partial charge in [-0.25, -0.2) is 13.6 Å². The predicted octanol–water partition coefficient (Wildman–Crippen LogP) is 0.534. The van der Waals surface area contributed by atoms with E-state index in [1.807, 2.05) is 0 Å². The molecule has 6 nitrogen and oxygen atoms in total. The van der Waals surface area contributed by atoms with Crippen molar-refractivity contribution in [3.8, 4) is 0 Å². The second kappa shape index (κ2) is 4.74. The smallest absolute Gasteiger partial charge is 0.270 e. The van der Waals surface area contributed by atoms with E-state index >= 15 is 0 Å². The van der Waals surface area contributed by atoms with Gasteiger partial charge in [0.2, 0.25) is 10.0 Å². The van der Waals surface area contributed by atoms with E-state index in [1.54, 1.807) is 4.90 Å². The fraction of sp³-hybridized carbons (Fsp3) is 0.545. The molecule has 1 aromatic heterocycles. The number of aromatic nitrogens is 1. The molecular formula is C11H17N3O3S. The quantitative estimate of drug-likeness (QED) is 0.839. The second-order valence-corrected chi connectivity index (χ2v) is 6.17. The van der Waals surface area contributed by atoms with Crippen molar-refractivity contribution in [2.75, 3.05) is 13.1 Å². The van der Waals surface area contributed by atoms with E-state index in [0.29, 0.717) is 5.92 Å². The van der Waals surface area contributed by atoms with Crippen LogP contribution in [-0.4, -0.2) is 37.3 Å². The van der Waals surface area contributed by atoms with Crippen molar-refractivity contribution in [2.45, 2.75) is 24.7 Å². The number of carbonyl (C=O) groups excluding carboxylic acids is 1. The Morgan fingerprint density at radius 3 is 2.83 bits per heavy atom. The maximum absolute atomic E-state index is 12.1. The van der Waals surface area contributed by atoms with Crippen LogP contribution in [-0.2, 0) is 10.0 Å². The number of aromatic amines is 1. The SMILES string of the molecule is CCC1CCN(C(=O)c2cc(S(N)(=O)=O)c[nH]2)C1. The summed E-state index contributed by atoms with van der Waals surface area (Å²) >= 11 is 0. The fourth-order valence-corrected chi connectivity index (χ4v) is 2.69. The number of nitrogens with two attached hydrogens (primary N) is 1. The maximum Gasteiger partial charge on any atom is 0.270 e. The Hall–Kier alpha value is -1.34. The first-order valence-electron chi connectivity index (χ1n) is 5.92. The van der Waals surface area contributed by atoms with Crippen molar-refractivity contribution in [2.24, 2.45) is 11.1 Å². The summed E-state index contributed by atoms with van der Waals surface area (Å²) in [7, 11) is -3.76. The Kier molecular flexibility index (Phi) is 3.45. The van der Waals surface area contributed by atoms with E-state index in [9.17, 15) is 13.2 Å². The van der Waals surface area contributed by atoms with Gasteiger partial charge in [-0.3, -0.25) is 4.79 Å². The zero-order valence-electron chi connectivity index (χ0n) is 10.2. The van der Waals surface area contributed by atoms with Gasteiger partial charge in [-0.15, -0.1) is 0 Å². The van der Waals surface area contributed by atoms with Gasteiger partial charge in [0.25, 0.3) is 5.91 Å². The number of primary sulfonamides is 1. The normalized spacial score (nSPS) is 20.3. The number of hydrogen-bond acceptors (Lipinski definition) is 3. The first-order chi connectivity index (χ1) is 8.41. The lowest BCUT2D eigenvalue weighted by Crippen LogP contribution is -2.28. The molecule has 7 heteroatoms. The molecule has 3 N–H and O–H groups in total. The van der Waals surface area contributed by atoms with Gasteiger partial charge in [0, 0.05) is 19.3 Å². The third-order valence-electron chi connectivity index (χ3n) is 3.37. The molecule has 1 atom stereocenters. The highest BCUT2D eigenvalue weighted by Gasteiger charge is 2.27. The van der Waals surface area contributed by atoms with E-state index in [0.717, 1.165) is 25.9 Å². The molecule has 1 fully saturated rings. The Bertz CT molecular complexity index is 550. The number of nitrogens with zero attached hydrogens (tertiary/aromatic N) is 1. The Labute approximate surface area is 106 Å². The van der Waals surface area contributed by atoms with Gasteiger partial charge in [-0.05, 0) is 18.4 Å². The van der Waals surface area contributed by atoms with Crippen molar-refractivity contribution in [3.63, 3.8) is 0 Å². The van der Waals surface area contributed by atoms with Gasteiger partial charge in [0.05, 0.1) is 4.90 Å². The van der Waals surface area contributed by atoms with Crippen LogP contribution in [0.4, 0.5) is 0 Å². The lowest BCUT2D eigenvalue weighted by Gasteiger charge is -2.14. The molecule has 1 aliphatic heterocycles. The van der Waals surface area contributed by atoms with Gasteiger partial charge < -0.3 is 9.88 Å². The van der Waals surface area contributed by atoms with Crippen molar-refractivity contribution in [1.82, 2.24) is 9.88 Å². The summed E-state index contributed by atoms with van der Waals surface area (Å²) in [6.07, 6.45) is 3.30. The van der Waals surface area contributed by atoms with Crippen LogP contribution in [0.25, 0.3) is 0 Å². The Balaban J connectivity index is 2.13. The predicted molar refractivity (Wildman–Crippen MR) is 66.5 cm³/mol. The van der Waals surface area contributed by atoms with E-state index < -0.39 is 10.0 Å². The second-order valence-electron chi connectivity index (χ2n) is 4.61. The molecule has 0 aromatic carbocycles. The number of sulfonamides is 1. The molecule has 0 spiro atoms. The van der Waals surface area contributed by atoms with Gasteiger partial charge in [-0.2, -0.15) is 0 Å². The summed E-state index contributed by atoms with van der Waals surface area (Å²) in [5, 5.41) is 4.99. The first-order valence-corrected chi connectivity index (χ1v) is 7.47. The van der Waals surface area contributed by atoms with Gasteiger partial charge in [-0.1, -0.05) is 13.3 Å². The lowest BCUT2D eigenvalue weighted by molar-refractivity contribution is 0.0782. The van der Waals surface area contributed by atoms with Crippen molar-refractivity contribution >= 4 is 15.9 Å². The number of amides is 1. The van der Waals surface area contributed by atoms with Crippen LogP contribution in [0.15, 0.2) is 17.2 Å². The fourth-order valence-electron chi connectivity index (χ4n) is 2.18. The van der Waals surface area contributed by atoms with E-state index in [-0.39, 0.29) is 16.5 Å². The third kappa shape index (κ3) is 2.56. The van der Waals surface area contributed by atoms with Crippen LogP contribution < -0.4 is 5.14 Å². The average Bonchev–Trinajstić information content (AvgIpc) is 2.96. The molecule has 2 heterocycles. The summed E-state index contributed by atoms with van der Waals surface area (Å²) in [5.74, 6) is 0.377. The van der Waals surface area contributed by atoms with Gasteiger partial charge >= 0.3 is 0 Å². The topological polar surface area (TPSA) is 96.3 Å². The molecule has 1 saturated heterocycles. The number of rotatable bonds is 3. The van der Waals surface area contributed by atoms with Gasteiger partial charge in [0.1, 0.15) is 5.69 Å².